The van der Waals surface area contributed by atoms with Crippen LogP contribution in [0.4, 0.5) is 4.79 Å². The number of halogens is 1. The molecule has 0 heterocycles. The summed E-state index contributed by atoms with van der Waals surface area (Å²) in [5.74, 6) is 7.50. The summed E-state index contributed by atoms with van der Waals surface area (Å²) in [6.07, 6.45) is -2.08. The second-order valence-electron chi connectivity index (χ2n) is 2.60. The number of hydrogen-bond donors (Lipinski definition) is 8. The fourth-order valence-electron chi connectivity index (χ4n) is 0.176. The van der Waals surface area contributed by atoms with E-state index in [9.17, 15) is 20.2 Å². The maximum atomic E-state index is 9.53. The Kier molecular flexibility index (Phi) is 22.7. The van der Waals surface area contributed by atoms with Crippen LogP contribution in [0.5, 0.6) is 0 Å². The van der Waals surface area contributed by atoms with Crippen molar-refractivity contribution in [3.63, 3.8) is 0 Å². The summed E-state index contributed by atoms with van der Waals surface area (Å²) in [5, 5.41) is 44.9. The summed E-state index contributed by atoms with van der Waals surface area (Å²) in [4.78, 5) is 27.5. The molecule has 12 N–H and O–H groups in total. The van der Waals surface area contributed by atoms with Gasteiger partial charge in [-0.1, -0.05) is 0 Å². The Bertz CT molecular complexity index is 402. The van der Waals surface area contributed by atoms with Gasteiger partial charge in [-0.2, -0.15) is 25.7 Å². The number of guanidine groups is 2. The number of nitrogens with zero attached hydrogens (tertiary/aromatic N) is 4. The predicted octanol–water partition coefficient (Wildman–Crippen LogP) is -11.7. The third-order valence-corrected chi connectivity index (χ3v) is 0.846. The number of carbonyl (C=O) groups is 1. The van der Waals surface area contributed by atoms with Crippen molar-refractivity contribution < 1.29 is 72.8 Å². The van der Waals surface area contributed by atoms with Gasteiger partial charge in [-0.25, -0.2) is 20.2 Å². The van der Waals surface area contributed by atoms with E-state index in [2.05, 4.69) is 23.2 Å². The molecule has 0 aliphatic rings. The second-order valence-corrected chi connectivity index (χ2v) is 3.39. The summed E-state index contributed by atoms with van der Waals surface area (Å²) >= 11 is 0. The van der Waals surface area contributed by atoms with Gasteiger partial charge in [0.25, 0.3) is 11.9 Å². The first-order valence-electron chi connectivity index (χ1n) is 4.44. The quantitative estimate of drug-likeness (QED) is 0.0526. The zero-order valence-corrected chi connectivity index (χ0v) is 13.3. The van der Waals surface area contributed by atoms with E-state index in [-0.39, 0.29) is 29.1 Å². The average Bonchev–Trinajstić information content (AvgIpc) is 2.34. The number of rotatable bonds is 2. The molecule has 0 unspecified atom stereocenters. The van der Waals surface area contributed by atoms with E-state index in [1.807, 2.05) is 0 Å². The standard InChI is InChI=1S/2CH5N5O2.CH2O3.ClHO4.Li/c2*2-1(3)5(4)6(7)8;2-1(3)4;2-1(3,4)5;/h2*4H2,(H3,2,3);(H2,2,3,4);(H,2,3,4,5);/q;;;;+1/p-1. The molecular formula is C3H12ClLiN10O11. The first kappa shape index (κ1) is 34.6. The van der Waals surface area contributed by atoms with Crippen molar-refractivity contribution in [2.75, 3.05) is 0 Å². The van der Waals surface area contributed by atoms with Gasteiger partial charge in [-0.3, -0.25) is 10.8 Å². The minimum absolute atomic E-state index is 0. The molecule has 0 aromatic carbocycles. The molecule has 0 spiro atoms. The first-order valence-corrected chi connectivity index (χ1v) is 5.70. The van der Waals surface area contributed by atoms with Crippen LogP contribution in [0.15, 0.2) is 0 Å². The second kappa shape index (κ2) is 17.1. The van der Waals surface area contributed by atoms with Gasteiger partial charge in [0.1, 0.15) is 0 Å². The molecule has 0 amide bonds. The number of nitro groups is 2. The molecule has 26 heavy (non-hydrogen) atoms. The molecule has 0 bridgehead atoms. The maximum absolute atomic E-state index is 9.53. The van der Waals surface area contributed by atoms with Crippen molar-refractivity contribution >= 4 is 18.1 Å². The third-order valence-electron chi connectivity index (χ3n) is 0.846. The van der Waals surface area contributed by atoms with Crippen LogP contribution >= 0.6 is 0 Å². The van der Waals surface area contributed by atoms with Crippen LogP contribution in [-0.2, 0) is 0 Å². The Morgan fingerprint density at radius 1 is 0.962 bits per heavy atom. The van der Waals surface area contributed by atoms with Gasteiger partial charge in [-0.05, 0) is 0 Å². The Morgan fingerprint density at radius 3 is 1.08 bits per heavy atom. The van der Waals surface area contributed by atoms with Gasteiger partial charge in [-0.15, -0.1) is 0 Å². The van der Waals surface area contributed by atoms with Crippen molar-refractivity contribution in [1.29, 1.82) is 10.8 Å². The van der Waals surface area contributed by atoms with Gasteiger partial charge >= 0.3 is 18.9 Å². The molecule has 0 atom stereocenters. The molecule has 0 aromatic heterocycles. The molecule has 148 valence electrons. The SMILES string of the molecule is N=C(N)N(N)[N+](=O)[O-].N=C(N)N(N)[N+](=O)[O-].O=C([O-])O.[Li+].[O-][Cl+3]([O-])([O-])O. The van der Waals surface area contributed by atoms with Crippen molar-refractivity contribution in [2.24, 2.45) is 23.2 Å². The molecule has 0 saturated carbocycles. The molecule has 23 heteroatoms. The Hall–Kier alpha value is -2.74. The Labute approximate surface area is 156 Å². The first-order chi connectivity index (χ1) is 10.8. The normalized spacial score (nSPS) is 8.23. The monoisotopic (exact) mass is 406 g/mol. The number of nitrogens with two attached hydrogens (primary N) is 4. The van der Waals surface area contributed by atoms with Gasteiger partial charge in [0.2, 0.25) is 6.16 Å². The summed E-state index contributed by atoms with van der Waals surface area (Å²) in [6, 6.07) is 0. The number of nitrogens with one attached hydrogen (secondary N) is 2. The van der Waals surface area contributed by atoms with Crippen LogP contribution in [0, 0.1) is 41.3 Å². The van der Waals surface area contributed by atoms with Crippen LogP contribution in [0.2, 0.25) is 0 Å². The van der Waals surface area contributed by atoms with Gasteiger partial charge < -0.3 is 26.5 Å². The van der Waals surface area contributed by atoms with E-state index in [4.69, 9.17) is 44.5 Å². The fraction of sp³-hybridized carbons (Fsp3) is 0. The molecule has 0 radical (unpaired) electrons. The predicted molar refractivity (Wildman–Crippen MR) is 60.1 cm³/mol. The van der Waals surface area contributed by atoms with E-state index in [0.717, 1.165) is 0 Å². The van der Waals surface area contributed by atoms with Crippen LogP contribution in [-0.4, -0.2) is 48.1 Å². The number of carboxylic acid groups (broad SMARTS) is 2. The van der Waals surface area contributed by atoms with Crippen molar-refractivity contribution in [1.82, 2.24) is 10.2 Å². The summed E-state index contributed by atoms with van der Waals surface area (Å²) in [5.41, 5.74) is 9.16. The third kappa shape index (κ3) is 49.6. The van der Waals surface area contributed by atoms with Crippen molar-refractivity contribution in [3.8, 4) is 0 Å². The maximum Gasteiger partial charge on any atom is 1.00 e. The van der Waals surface area contributed by atoms with Crippen LogP contribution in [0.1, 0.15) is 0 Å². The fourth-order valence-corrected chi connectivity index (χ4v) is 0.176. The van der Waals surface area contributed by atoms with E-state index in [1.54, 1.807) is 0 Å². The van der Waals surface area contributed by atoms with E-state index < -0.39 is 38.4 Å². The minimum Gasteiger partial charge on any atom is -0.565 e. The zero-order valence-electron chi connectivity index (χ0n) is 12.5. The Morgan fingerprint density at radius 2 is 1.08 bits per heavy atom. The molecule has 0 aliphatic carbocycles. The molecule has 0 aliphatic heterocycles. The molecule has 0 saturated heterocycles. The minimum atomic E-state index is -4.69. The van der Waals surface area contributed by atoms with Crippen LogP contribution in [0.3, 0.4) is 0 Å². The largest absolute Gasteiger partial charge is 1.00 e. The zero-order chi connectivity index (χ0) is 21.5. The molecule has 0 aromatic rings. The number of hydrogen-bond acceptors (Lipinski definition) is 14. The summed E-state index contributed by atoms with van der Waals surface area (Å²) < 4.78 is 32.7. The average molecular weight is 407 g/mol. The van der Waals surface area contributed by atoms with Gasteiger partial charge in [0.15, 0.2) is 10.1 Å². The van der Waals surface area contributed by atoms with Crippen LogP contribution in [0.25, 0.3) is 0 Å². The van der Waals surface area contributed by atoms with E-state index >= 15 is 0 Å². The van der Waals surface area contributed by atoms with Crippen LogP contribution < -0.4 is 61.1 Å². The molecular weight excluding hydrogens is 394 g/mol. The number of hydrazine groups is 4. The molecule has 0 fully saturated rings. The Balaban J connectivity index is -0.0000000773. The van der Waals surface area contributed by atoms with Gasteiger partial charge in [0.05, 0.1) is 14.9 Å². The van der Waals surface area contributed by atoms with Crippen molar-refractivity contribution in [3.05, 3.63) is 20.2 Å². The summed E-state index contributed by atoms with van der Waals surface area (Å²) in [7, 11) is -4.69. The smallest absolute Gasteiger partial charge is 0.565 e. The topological polar surface area (TPSA) is 394 Å². The molecule has 21 nitrogen and oxygen atoms in total. The van der Waals surface area contributed by atoms with Gasteiger partial charge in [0, 0.05) is 10.2 Å². The van der Waals surface area contributed by atoms with E-state index in [0.29, 0.717) is 0 Å². The van der Waals surface area contributed by atoms with E-state index in [1.165, 1.54) is 0 Å². The van der Waals surface area contributed by atoms with Crippen molar-refractivity contribution in [2.45, 2.75) is 0 Å². The summed E-state index contributed by atoms with van der Waals surface area (Å²) in [6.45, 7) is 0. The molecule has 0 rings (SSSR count).